The quantitative estimate of drug-likeness (QED) is 0.328. The Labute approximate surface area is 142 Å². The van der Waals surface area contributed by atoms with E-state index >= 15 is 0 Å². The molecule has 0 N–H and O–H groups in total. The SMILES string of the molecule is CC(C)=CCCP(=O)(CP(=O)(OC(C)C)OC(C)C)OC(C)C. The Morgan fingerprint density at radius 3 is 1.65 bits per heavy atom. The van der Waals surface area contributed by atoms with Crippen LogP contribution in [0, 0.1) is 0 Å². The van der Waals surface area contributed by atoms with Crippen LogP contribution in [0.4, 0.5) is 0 Å². The van der Waals surface area contributed by atoms with Crippen LogP contribution in [0.5, 0.6) is 0 Å². The lowest BCUT2D eigenvalue weighted by atomic mass is 10.3. The topological polar surface area (TPSA) is 61.8 Å². The van der Waals surface area contributed by atoms with Gasteiger partial charge in [0.05, 0.1) is 18.3 Å². The van der Waals surface area contributed by atoms with Crippen LogP contribution in [0.1, 0.15) is 61.8 Å². The molecule has 0 saturated heterocycles. The summed E-state index contributed by atoms with van der Waals surface area (Å²) in [6.07, 6.45) is 2.21. The molecule has 1 atom stereocenters. The zero-order valence-corrected chi connectivity index (χ0v) is 17.7. The van der Waals surface area contributed by atoms with Crippen molar-refractivity contribution in [3.63, 3.8) is 0 Å². The second-order valence-electron chi connectivity index (χ2n) is 6.82. The predicted octanol–water partition coefficient (Wildman–Crippen LogP) is 6.05. The highest BCUT2D eigenvalue weighted by Gasteiger charge is 2.39. The Kier molecular flexibility index (Phi) is 10.2. The molecule has 0 aliphatic carbocycles. The van der Waals surface area contributed by atoms with Gasteiger partial charge in [-0.15, -0.1) is 0 Å². The minimum Gasteiger partial charge on any atom is -0.325 e. The van der Waals surface area contributed by atoms with Crippen LogP contribution in [0.25, 0.3) is 0 Å². The van der Waals surface area contributed by atoms with E-state index < -0.39 is 15.0 Å². The summed E-state index contributed by atoms with van der Waals surface area (Å²) in [5.41, 5.74) is 1.15. The molecule has 0 aliphatic heterocycles. The van der Waals surface area contributed by atoms with E-state index in [4.69, 9.17) is 13.6 Å². The van der Waals surface area contributed by atoms with Crippen molar-refractivity contribution in [3.8, 4) is 0 Å². The van der Waals surface area contributed by atoms with E-state index in [1.165, 1.54) is 0 Å². The number of hydrogen-bond acceptors (Lipinski definition) is 5. The molecule has 0 aromatic heterocycles. The second kappa shape index (κ2) is 10.2. The minimum atomic E-state index is -3.48. The first-order chi connectivity index (χ1) is 10.4. The zero-order valence-electron chi connectivity index (χ0n) is 15.9. The van der Waals surface area contributed by atoms with Gasteiger partial charge >= 0.3 is 7.60 Å². The number of allylic oxidation sites excluding steroid dienone is 2. The minimum absolute atomic E-state index is 0.175. The summed E-state index contributed by atoms with van der Waals surface area (Å²) in [7, 11) is -6.61. The number of rotatable bonds is 11. The number of hydrogen-bond donors (Lipinski definition) is 0. The van der Waals surface area contributed by atoms with Gasteiger partial charge in [-0.3, -0.25) is 9.13 Å². The zero-order chi connectivity index (χ0) is 18.3. The largest absolute Gasteiger partial charge is 0.340 e. The summed E-state index contributed by atoms with van der Waals surface area (Å²) in [4.78, 5) is 0. The third-order valence-electron chi connectivity index (χ3n) is 2.56. The van der Waals surface area contributed by atoms with Crippen molar-refractivity contribution in [3.05, 3.63) is 11.6 Å². The van der Waals surface area contributed by atoms with Gasteiger partial charge in [-0.05, 0) is 61.8 Å². The van der Waals surface area contributed by atoms with Crippen molar-refractivity contribution in [2.75, 3.05) is 12.1 Å². The van der Waals surface area contributed by atoms with Gasteiger partial charge in [0.15, 0.2) is 0 Å². The smallest absolute Gasteiger partial charge is 0.325 e. The van der Waals surface area contributed by atoms with Gasteiger partial charge in [-0.25, -0.2) is 0 Å². The lowest BCUT2D eigenvalue weighted by Gasteiger charge is -2.27. The normalized spacial score (nSPS) is 15.3. The molecule has 138 valence electrons. The van der Waals surface area contributed by atoms with Crippen LogP contribution in [0.15, 0.2) is 11.6 Å². The van der Waals surface area contributed by atoms with Gasteiger partial charge in [0.2, 0.25) is 7.37 Å². The molecule has 0 saturated carbocycles. The molecule has 0 radical (unpaired) electrons. The summed E-state index contributed by atoms with van der Waals surface area (Å²) in [5, 5.41) is 0. The second-order valence-corrected chi connectivity index (χ2v) is 11.9. The Bertz CT molecular complexity index is 451. The third-order valence-corrected chi connectivity index (χ3v) is 8.90. The van der Waals surface area contributed by atoms with E-state index in [1.807, 2.05) is 33.8 Å². The van der Waals surface area contributed by atoms with Crippen molar-refractivity contribution in [1.29, 1.82) is 0 Å². The van der Waals surface area contributed by atoms with E-state index in [9.17, 15) is 9.13 Å². The van der Waals surface area contributed by atoms with Crippen LogP contribution in [0.3, 0.4) is 0 Å². The fraction of sp³-hybridized carbons (Fsp3) is 0.875. The molecule has 0 aromatic carbocycles. The van der Waals surface area contributed by atoms with E-state index in [-0.39, 0.29) is 24.2 Å². The summed E-state index contributed by atoms with van der Waals surface area (Å²) in [6, 6.07) is 0. The molecule has 23 heavy (non-hydrogen) atoms. The van der Waals surface area contributed by atoms with Crippen molar-refractivity contribution in [2.45, 2.75) is 80.1 Å². The van der Waals surface area contributed by atoms with Crippen LogP contribution in [0.2, 0.25) is 0 Å². The maximum Gasteiger partial charge on any atom is 0.340 e. The molecule has 0 aliphatic rings. The summed E-state index contributed by atoms with van der Waals surface area (Å²) in [5.74, 6) is -0.175. The molecule has 7 heteroatoms. The monoisotopic (exact) mass is 368 g/mol. The maximum atomic E-state index is 13.2. The van der Waals surface area contributed by atoms with Gasteiger partial charge in [-0.2, -0.15) is 0 Å². The highest BCUT2D eigenvalue weighted by molar-refractivity contribution is 7.74. The van der Waals surface area contributed by atoms with Crippen molar-refractivity contribution in [2.24, 2.45) is 0 Å². The van der Waals surface area contributed by atoms with Crippen LogP contribution in [-0.2, 0) is 22.7 Å². The highest BCUT2D eigenvalue weighted by atomic mass is 31.2. The molecule has 0 bridgehead atoms. The molecule has 0 amide bonds. The first-order valence-electron chi connectivity index (χ1n) is 8.23. The Morgan fingerprint density at radius 1 is 0.870 bits per heavy atom. The molecule has 0 spiro atoms. The molecule has 0 rings (SSSR count). The summed E-state index contributed by atoms with van der Waals surface area (Å²) < 4.78 is 42.9. The van der Waals surface area contributed by atoms with Crippen LogP contribution in [-0.4, -0.2) is 30.4 Å². The van der Waals surface area contributed by atoms with Gasteiger partial charge in [0, 0.05) is 6.16 Å². The Morgan fingerprint density at radius 2 is 1.30 bits per heavy atom. The van der Waals surface area contributed by atoms with E-state index in [1.54, 1.807) is 27.7 Å². The first-order valence-corrected chi connectivity index (χ1v) is 12.0. The summed E-state index contributed by atoms with van der Waals surface area (Å²) in [6.45, 7) is 14.8. The lowest BCUT2D eigenvalue weighted by molar-refractivity contribution is 0.144. The average molecular weight is 368 g/mol. The van der Waals surface area contributed by atoms with E-state index in [0.29, 0.717) is 12.6 Å². The maximum absolute atomic E-state index is 13.2. The molecule has 1 unspecified atom stereocenters. The van der Waals surface area contributed by atoms with E-state index in [2.05, 4.69) is 0 Å². The molecule has 5 nitrogen and oxygen atoms in total. The standard InChI is InChI=1S/C16H34O5P2/c1-13(2)10-9-11-22(17,19-14(3)4)12-23(18,20-15(5)6)21-16(7)8/h10,14-16H,9,11-12H2,1-8H3. The molecular weight excluding hydrogens is 334 g/mol. The average Bonchev–Trinajstić information content (AvgIpc) is 2.22. The van der Waals surface area contributed by atoms with Gasteiger partial charge in [-0.1, -0.05) is 11.6 Å². The van der Waals surface area contributed by atoms with E-state index in [0.717, 1.165) is 5.57 Å². The summed E-state index contributed by atoms with van der Waals surface area (Å²) >= 11 is 0. The van der Waals surface area contributed by atoms with Crippen molar-refractivity contribution < 1.29 is 22.7 Å². The molecular formula is C16H34O5P2. The Balaban J connectivity index is 5.30. The third kappa shape index (κ3) is 11.3. The highest BCUT2D eigenvalue weighted by Crippen LogP contribution is 2.65. The lowest BCUT2D eigenvalue weighted by Crippen LogP contribution is -2.13. The van der Waals surface area contributed by atoms with Crippen LogP contribution >= 0.6 is 15.0 Å². The van der Waals surface area contributed by atoms with Crippen molar-refractivity contribution in [1.82, 2.24) is 0 Å². The fourth-order valence-corrected chi connectivity index (χ4v) is 8.30. The predicted molar refractivity (Wildman–Crippen MR) is 97.7 cm³/mol. The molecule has 0 fully saturated rings. The molecule has 0 aromatic rings. The van der Waals surface area contributed by atoms with Gasteiger partial charge in [0.1, 0.15) is 5.90 Å². The fourth-order valence-electron chi connectivity index (χ4n) is 2.09. The van der Waals surface area contributed by atoms with Gasteiger partial charge in [0.25, 0.3) is 0 Å². The molecule has 0 heterocycles. The van der Waals surface area contributed by atoms with Crippen LogP contribution < -0.4 is 0 Å². The van der Waals surface area contributed by atoms with Crippen molar-refractivity contribution >= 4 is 15.0 Å². The Hall–Kier alpha value is 0.0800. The first kappa shape index (κ1) is 23.1. The van der Waals surface area contributed by atoms with Gasteiger partial charge < -0.3 is 13.6 Å².